The first-order valence-corrected chi connectivity index (χ1v) is 7.63. The maximum absolute atomic E-state index is 11.9. The van der Waals surface area contributed by atoms with Crippen LogP contribution in [-0.2, 0) is 28.7 Å². The summed E-state index contributed by atoms with van der Waals surface area (Å²) in [6.07, 6.45) is -2.90. The molecule has 0 spiro atoms. The maximum atomic E-state index is 11.9. The third-order valence-corrected chi connectivity index (χ3v) is 3.79. The Morgan fingerprint density at radius 1 is 1.12 bits per heavy atom. The first-order valence-electron chi connectivity index (χ1n) is 7.63. The maximum Gasteiger partial charge on any atom is 0.306 e. The highest BCUT2D eigenvalue weighted by Crippen LogP contribution is 2.29. The van der Waals surface area contributed by atoms with E-state index in [4.69, 9.17) is 35.0 Å². The fourth-order valence-corrected chi connectivity index (χ4v) is 2.70. The Labute approximate surface area is 142 Å². The molecule has 13 heteroatoms. The Kier molecular flexibility index (Phi) is 7.85. The fraction of sp³-hybridized carbons (Fsp3) is 0.917. The number of aliphatic hydroxyl groups is 1. The Balaban J connectivity index is 1.68. The normalized spacial score (nSPS) is 30.0. The van der Waals surface area contributed by atoms with Gasteiger partial charge in [0, 0.05) is 6.42 Å². The van der Waals surface area contributed by atoms with Gasteiger partial charge in [-0.25, -0.2) is 9.68 Å². The first-order chi connectivity index (χ1) is 11.9. The van der Waals surface area contributed by atoms with Gasteiger partial charge in [-0.3, -0.25) is 25.6 Å². The van der Waals surface area contributed by atoms with E-state index < -0.39 is 53.9 Å². The second-order valence-electron chi connectivity index (χ2n) is 5.61. The lowest BCUT2D eigenvalue weighted by Gasteiger charge is -2.19. The van der Waals surface area contributed by atoms with Crippen molar-refractivity contribution in [3.8, 4) is 0 Å². The smallest absolute Gasteiger partial charge is 0.306 e. The number of ether oxygens (including phenoxy) is 3. The topological polar surface area (TPSA) is 171 Å². The van der Waals surface area contributed by atoms with E-state index in [0.717, 1.165) is 0 Å². The van der Waals surface area contributed by atoms with Crippen molar-refractivity contribution in [2.45, 2.75) is 49.8 Å². The van der Waals surface area contributed by atoms with Crippen molar-refractivity contribution in [1.29, 1.82) is 0 Å². The number of nitrogens with zero attached hydrogens (tertiary/aromatic N) is 2. The van der Waals surface area contributed by atoms with E-state index in [2.05, 4.69) is 9.68 Å². The number of carbonyl (C=O) groups is 1. The summed E-state index contributed by atoms with van der Waals surface area (Å²) < 4.78 is 15.9. The van der Waals surface area contributed by atoms with Gasteiger partial charge in [-0.15, -0.1) is 0 Å². The lowest BCUT2D eigenvalue weighted by molar-refractivity contribution is -0.527. The third kappa shape index (κ3) is 6.36. The second-order valence-corrected chi connectivity index (χ2v) is 5.61. The highest BCUT2D eigenvalue weighted by Gasteiger charge is 2.48. The molecule has 0 aromatic rings. The molecule has 2 saturated heterocycles. The van der Waals surface area contributed by atoms with E-state index in [1.807, 2.05) is 0 Å². The number of fused-ring (bicyclic) bond motifs is 1. The van der Waals surface area contributed by atoms with Crippen LogP contribution in [0.1, 0.15) is 19.3 Å². The van der Waals surface area contributed by atoms with Crippen LogP contribution in [0.2, 0.25) is 0 Å². The van der Waals surface area contributed by atoms with E-state index in [1.54, 1.807) is 0 Å². The first kappa shape index (κ1) is 20.3. The van der Waals surface area contributed by atoms with Crippen molar-refractivity contribution in [1.82, 2.24) is 10.8 Å². The van der Waals surface area contributed by atoms with E-state index >= 15 is 0 Å². The molecule has 2 heterocycles. The number of hydrogen-bond donors (Lipinski definition) is 5. The Morgan fingerprint density at radius 2 is 1.84 bits per heavy atom. The number of aliphatic hydroxyl groups excluding tert-OH is 1. The molecule has 2 aliphatic rings. The van der Waals surface area contributed by atoms with Gasteiger partial charge in [0.2, 0.25) is 0 Å². The van der Waals surface area contributed by atoms with Gasteiger partial charge in [0.05, 0.1) is 24.0 Å². The molecule has 0 saturated carbocycles. The van der Waals surface area contributed by atoms with Crippen LogP contribution in [0.5, 0.6) is 0 Å². The molecule has 0 aliphatic carbocycles. The van der Waals surface area contributed by atoms with Gasteiger partial charge in [0.25, 0.3) is 0 Å². The summed E-state index contributed by atoms with van der Waals surface area (Å²) in [6, 6.07) is 0. The monoisotopic (exact) mass is 370 g/mol. The zero-order valence-electron chi connectivity index (χ0n) is 13.2. The van der Waals surface area contributed by atoms with Crippen molar-refractivity contribution < 1.29 is 54.6 Å². The standard InChI is InChI=1S/C12H22N2O11/c15-8-5-21-12-9(6-22-11(8)12)24-10(16)3-1-2-7(25-14(19)20)4-23-13(17)18/h7-9,11-12,15,17-20H,1-6H2/t7?,8-,9-,11+,12+/m0/s1. The van der Waals surface area contributed by atoms with E-state index in [9.17, 15) is 9.90 Å². The van der Waals surface area contributed by atoms with Crippen molar-refractivity contribution in [2.75, 3.05) is 19.8 Å². The van der Waals surface area contributed by atoms with Gasteiger partial charge in [0.15, 0.2) is 6.10 Å². The van der Waals surface area contributed by atoms with Crippen molar-refractivity contribution >= 4 is 5.97 Å². The summed E-state index contributed by atoms with van der Waals surface area (Å²) in [7, 11) is 0. The molecule has 1 unspecified atom stereocenters. The van der Waals surface area contributed by atoms with Crippen LogP contribution in [0.15, 0.2) is 0 Å². The molecular weight excluding hydrogens is 348 g/mol. The SMILES string of the molecule is O=C(CCCC(CON(O)O)ON(O)O)O[C@H]1CO[C@H]2[C@@H]1OC[C@@H]2O. The molecule has 13 nitrogen and oxygen atoms in total. The van der Waals surface area contributed by atoms with Crippen molar-refractivity contribution in [3.63, 3.8) is 0 Å². The minimum absolute atomic E-state index is 0.00484. The van der Waals surface area contributed by atoms with Gasteiger partial charge in [-0.2, -0.15) is 0 Å². The molecule has 0 radical (unpaired) electrons. The van der Waals surface area contributed by atoms with Gasteiger partial charge in [0.1, 0.15) is 31.0 Å². The number of hydrogen-bond acceptors (Lipinski definition) is 13. The van der Waals surface area contributed by atoms with Crippen LogP contribution in [0.25, 0.3) is 0 Å². The number of rotatable bonds is 10. The van der Waals surface area contributed by atoms with Crippen LogP contribution in [0, 0.1) is 0 Å². The average molecular weight is 370 g/mol. The molecule has 146 valence electrons. The summed E-state index contributed by atoms with van der Waals surface area (Å²) in [5, 5.41) is 42.7. The van der Waals surface area contributed by atoms with Crippen molar-refractivity contribution in [2.24, 2.45) is 0 Å². The van der Waals surface area contributed by atoms with Gasteiger partial charge in [-0.1, -0.05) is 0 Å². The molecule has 5 N–H and O–H groups in total. The second kappa shape index (κ2) is 9.65. The predicted molar refractivity (Wildman–Crippen MR) is 70.9 cm³/mol. The van der Waals surface area contributed by atoms with Crippen LogP contribution < -0.4 is 0 Å². The zero-order valence-corrected chi connectivity index (χ0v) is 13.2. The molecule has 0 amide bonds. The molecule has 2 aliphatic heterocycles. The van der Waals surface area contributed by atoms with Crippen LogP contribution in [0.3, 0.4) is 0 Å². The van der Waals surface area contributed by atoms with Gasteiger partial charge >= 0.3 is 5.97 Å². The van der Waals surface area contributed by atoms with Crippen LogP contribution in [-0.4, -0.2) is 93.0 Å². The summed E-state index contributed by atoms with van der Waals surface area (Å²) in [5.74, 6) is -0.519. The lowest BCUT2D eigenvalue weighted by Crippen LogP contribution is -2.34. The Hall–Kier alpha value is -0.970. The largest absolute Gasteiger partial charge is 0.457 e. The summed E-state index contributed by atoms with van der Waals surface area (Å²) in [6.45, 7) is -0.135. The Bertz CT molecular complexity index is 424. The minimum atomic E-state index is -0.961. The zero-order chi connectivity index (χ0) is 18.4. The molecule has 2 fully saturated rings. The molecular formula is C12H22N2O11. The molecule has 2 rings (SSSR count). The van der Waals surface area contributed by atoms with Gasteiger partial charge < -0.3 is 19.3 Å². The van der Waals surface area contributed by atoms with Crippen LogP contribution in [0.4, 0.5) is 0 Å². The third-order valence-electron chi connectivity index (χ3n) is 3.79. The van der Waals surface area contributed by atoms with Crippen LogP contribution >= 0.6 is 0 Å². The highest BCUT2D eigenvalue weighted by molar-refractivity contribution is 5.69. The van der Waals surface area contributed by atoms with E-state index in [-0.39, 0.29) is 32.5 Å². The minimum Gasteiger partial charge on any atom is -0.457 e. The molecule has 0 aromatic heterocycles. The molecule has 0 bridgehead atoms. The molecule has 0 aromatic carbocycles. The summed E-state index contributed by atoms with van der Waals surface area (Å²) >= 11 is 0. The Morgan fingerprint density at radius 3 is 2.52 bits per heavy atom. The lowest BCUT2D eigenvalue weighted by atomic mass is 10.1. The number of carbonyl (C=O) groups excluding carboxylic acids is 1. The molecule has 5 atom stereocenters. The quantitative estimate of drug-likeness (QED) is 0.225. The van der Waals surface area contributed by atoms with Crippen molar-refractivity contribution in [3.05, 3.63) is 0 Å². The van der Waals surface area contributed by atoms with Gasteiger partial charge in [-0.05, 0) is 12.8 Å². The summed E-state index contributed by atoms with van der Waals surface area (Å²) in [4.78, 5) is 20.7. The average Bonchev–Trinajstić information content (AvgIpc) is 3.08. The fourth-order valence-electron chi connectivity index (χ4n) is 2.70. The van der Waals surface area contributed by atoms with E-state index in [1.165, 1.54) is 0 Å². The highest BCUT2D eigenvalue weighted by atomic mass is 17.1. The summed E-state index contributed by atoms with van der Waals surface area (Å²) in [5.41, 5.74) is 0. The van der Waals surface area contributed by atoms with E-state index in [0.29, 0.717) is 0 Å². The predicted octanol–water partition coefficient (Wildman–Crippen LogP) is -1.38. The molecule has 25 heavy (non-hydrogen) atoms. The number of esters is 1.